The van der Waals surface area contributed by atoms with Gasteiger partial charge in [0.25, 0.3) is 0 Å². The Hall–Kier alpha value is -2.30. The van der Waals surface area contributed by atoms with Crippen molar-refractivity contribution in [2.45, 2.75) is 18.9 Å². The number of fused-ring (bicyclic) bond motifs is 1. The second-order valence-electron chi connectivity index (χ2n) is 4.84. The number of hydrogen-bond acceptors (Lipinski definition) is 4. The Kier molecular flexibility index (Phi) is 2.95. The molecule has 5 heteroatoms. The summed E-state index contributed by atoms with van der Waals surface area (Å²) in [5, 5.41) is 6.95. The molecule has 0 bridgehead atoms. The van der Waals surface area contributed by atoms with Crippen molar-refractivity contribution in [1.82, 2.24) is 10.3 Å². The number of carbonyl (C=O) groups is 1. The molecule has 1 aliphatic carbocycles. The number of nitrogens with one attached hydrogen (secondary N) is 2. The first-order valence-corrected chi connectivity index (χ1v) is 6.40. The fourth-order valence-electron chi connectivity index (χ4n) is 1.92. The number of aromatic nitrogens is 1. The molecule has 1 amide bonds. The third-order valence-electron chi connectivity index (χ3n) is 3.09. The van der Waals surface area contributed by atoms with Gasteiger partial charge in [0.1, 0.15) is 5.82 Å². The largest absolute Gasteiger partial charge is 0.399 e. The summed E-state index contributed by atoms with van der Waals surface area (Å²) in [6.45, 7) is 0.254. The number of rotatable bonds is 4. The van der Waals surface area contributed by atoms with E-state index in [4.69, 9.17) is 5.73 Å². The van der Waals surface area contributed by atoms with Crippen LogP contribution < -0.4 is 16.4 Å². The minimum atomic E-state index is 0.0155. The molecule has 1 aromatic heterocycles. The van der Waals surface area contributed by atoms with Crippen molar-refractivity contribution in [1.29, 1.82) is 0 Å². The molecule has 1 fully saturated rings. The van der Waals surface area contributed by atoms with Gasteiger partial charge in [0.05, 0.1) is 12.1 Å². The Labute approximate surface area is 111 Å². The molecular weight excluding hydrogens is 240 g/mol. The lowest BCUT2D eigenvalue weighted by Crippen LogP contribution is -2.31. The third-order valence-corrected chi connectivity index (χ3v) is 3.09. The second kappa shape index (κ2) is 4.76. The molecular formula is C14H16N4O. The first kappa shape index (κ1) is 11.8. The van der Waals surface area contributed by atoms with Crippen LogP contribution in [0.15, 0.2) is 30.3 Å². The lowest BCUT2D eigenvalue weighted by molar-refractivity contribution is -0.119. The summed E-state index contributed by atoms with van der Waals surface area (Å²) >= 11 is 0. The average molecular weight is 256 g/mol. The number of anilines is 2. The van der Waals surface area contributed by atoms with Gasteiger partial charge in [0.2, 0.25) is 5.91 Å². The number of benzene rings is 1. The number of carbonyl (C=O) groups excluding carboxylic acids is 1. The van der Waals surface area contributed by atoms with Gasteiger partial charge in [0, 0.05) is 17.1 Å². The molecule has 3 rings (SSSR count). The van der Waals surface area contributed by atoms with Crippen LogP contribution in [-0.2, 0) is 4.79 Å². The standard InChI is InChI=1S/C14H16N4O/c15-10-2-5-12-9(7-10)1-6-13(18-12)16-8-14(19)17-11-3-4-11/h1-2,5-7,11H,3-4,8,15H2,(H,16,18)(H,17,19). The van der Waals surface area contributed by atoms with Crippen LogP contribution in [0.1, 0.15) is 12.8 Å². The molecule has 1 aliphatic rings. The maximum absolute atomic E-state index is 11.6. The smallest absolute Gasteiger partial charge is 0.239 e. The Balaban J connectivity index is 1.67. The van der Waals surface area contributed by atoms with Gasteiger partial charge >= 0.3 is 0 Å². The van der Waals surface area contributed by atoms with Gasteiger partial charge in [-0.3, -0.25) is 4.79 Å². The zero-order valence-electron chi connectivity index (χ0n) is 10.5. The van der Waals surface area contributed by atoms with Crippen molar-refractivity contribution in [3.05, 3.63) is 30.3 Å². The van der Waals surface area contributed by atoms with Crippen LogP contribution in [0.25, 0.3) is 10.9 Å². The highest BCUT2D eigenvalue weighted by Gasteiger charge is 2.22. The van der Waals surface area contributed by atoms with Gasteiger partial charge in [-0.2, -0.15) is 0 Å². The molecule has 0 atom stereocenters. The average Bonchev–Trinajstić information content (AvgIpc) is 3.20. The van der Waals surface area contributed by atoms with Crippen LogP contribution in [0.2, 0.25) is 0 Å². The van der Waals surface area contributed by atoms with Crippen molar-refractivity contribution in [3.8, 4) is 0 Å². The lowest BCUT2D eigenvalue weighted by atomic mass is 10.2. The molecule has 0 unspecified atom stereocenters. The minimum Gasteiger partial charge on any atom is -0.399 e. The van der Waals surface area contributed by atoms with E-state index in [1.165, 1.54) is 0 Å². The Bertz CT molecular complexity index is 622. The predicted octanol–water partition coefficient (Wildman–Crippen LogP) is 1.51. The third kappa shape index (κ3) is 2.93. The molecule has 0 radical (unpaired) electrons. The molecule has 2 aromatic rings. The minimum absolute atomic E-state index is 0.0155. The summed E-state index contributed by atoms with van der Waals surface area (Å²) in [4.78, 5) is 16.0. The number of nitrogens with two attached hydrogens (primary N) is 1. The zero-order valence-corrected chi connectivity index (χ0v) is 10.5. The van der Waals surface area contributed by atoms with E-state index in [1.807, 2.05) is 30.3 Å². The maximum atomic E-state index is 11.6. The number of amides is 1. The summed E-state index contributed by atoms with van der Waals surface area (Å²) in [5.41, 5.74) is 7.30. The van der Waals surface area contributed by atoms with Crippen LogP contribution in [-0.4, -0.2) is 23.5 Å². The van der Waals surface area contributed by atoms with Crippen molar-refractivity contribution < 1.29 is 4.79 Å². The van der Waals surface area contributed by atoms with Gasteiger partial charge in [-0.25, -0.2) is 4.98 Å². The van der Waals surface area contributed by atoms with Crippen LogP contribution in [0, 0.1) is 0 Å². The van der Waals surface area contributed by atoms with E-state index in [-0.39, 0.29) is 12.5 Å². The van der Waals surface area contributed by atoms with E-state index in [0.717, 1.165) is 29.4 Å². The summed E-state index contributed by atoms with van der Waals surface area (Å²) in [6.07, 6.45) is 2.20. The summed E-state index contributed by atoms with van der Waals surface area (Å²) in [6, 6.07) is 9.76. The molecule has 4 N–H and O–H groups in total. The normalized spacial score (nSPS) is 14.3. The first-order chi connectivity index (χ1) is 9.20. The topological polar surface area (TPSA) is 80.0 Å². The molecule has 5 nitrogen and oxygen atoms in total. The second-order valence-corrected chi connectivity index (χ2v) is 4.84. The molecule has 98 valence electrons. The molecule has 1 saturated carbocycles. The van der Waals surface area contributed by atoms with E-state index in [9.17, 15) is 4.79 Å². The predicted molar refractivity (Wildman–Crippen MR) is 75.8 cm³/mol. The number of pyridine rings is 1. The first-order valence-electron chi connectivity index (χ1n) is 6.40. The monoisotopic (exact) mass is 256 g/mol. The van der Waals surface area contributed by atoms with Gasteiger partial charge < -0.3 is 16.4 Å². The van der Waals surface area contributed by atoms with Crippen molar-refractivity contribution in [2.24, 2.45) is 0 Å². The van der Waals surface area contributed by atoms with E-state index in [0.29, 0.717) is 11.9 Å². The highest BCUT2D eigenvalue weighted by molar-refractivity contribution is 5.84. The van der Waals surface area contributed by atoms with Crippen molar-refractivity contribution in [3.63, 3.8) is 0 Å². The van der Waals surface area contributed by atoms with E-state index < -0.39 is 0 Å². The van der Waals surface area contributed by atoms with Gasteiger partial charge in [-0.05, 0) is 43.2 Å². The zero-order chi connectivity index (χ0) is 13.2. The Morgan fingerprint density at radius 2 is 2.16 bits per heavy atom. The molecule has 1 heterocycles. The van der Waals surface area contributed by atoms with E-state index >= 15 is 0 Å². The highest BCUT2D eigenvalue weighted by Crippen LogP contribution is 2.19. The van der Waals surface area contributed by atoms with E-state index in [2.05, 4.69) is 15.6 Å². The molecule has 0 aliphatic heterocycles. The van der Waals surface area contributed by atoms with E-state index in [1.54, 1.807) is 0 Å². The van der Waals surface area contributed by atoms with Crippen LogP contribution in [0.3, 0.4) is 0 Å². The number of hydrogen-bond donors (Lipinski definition) is 3. The fraction of sp³-hybridized carbons (Fsp3) is 0.286. The quantitative estimate of drug-likeness (QED) is 0.724. The molecule has 0 spiro atoms. The van der Waals surface area contributed by atoms with Gasteiger partial charge in [-0.1, -0.05) is 0 Å². The Morgan fingerprint density at radius 3 is 2.95 bits per heavy atom. The number of nitrogen functional groups attached to an aromatic ring is 1. The number of nitrogens with zero attached hydrogens (tertiary/aromatic N) is 1. The molecule has 1 aromatic carbocycles. The summed E-state index contributed by atoms with van der Waals surface area (Å²) in [5.74, 6) is 0.713. The molecule has 0 saturated heterocycles. The van der Waals surface area contributed by atoms with Crippen molar-refractivity contribution in [2.75, 3.05) is 17.6 Å². The van der Waals surface area contributed by atoms with Crippen LogP contribution in [0.5, 0.6) is 0 Å². The van der Waals surface area contributed by atoms with Crippen LogP contribution in [0.4, 0.5) is 11.5 Å². The summed E-state index contributed by atoms with van der Waals surface area (Å²) < 4.78 is 0. The fourth-order valence-corrected chi connectivity index (χ4v) is 1.92. The Morgan fingerprint density at radius 1 is 1.32 bits per heavy atom. The van der Waals surface area contributed by atoms with Gasteiger partial charge in [-0.15, -0.1) is 0 Å². The SMILES string of the molecule is Nc1ccc2nc(NCC(=O)NC3CC3)ccc2c1. The highest BCUT2D eigenvalue weighted by atomic mass is 16.2. The molecule has 19 heavy (non-hydrogen) atoms. The van der Waals surface area contributed by atoms with Crippen LogP contribution >= 0.6 is 0 Å². The van der Waals surface area contributed by atoms with Crippen molar-refractivity contribution >= 4 is 28.3 Å². The summed E-state index contributed by atoms with van der Waals surface area (Å²) in [7, 11) is 0. The lowest BCUT2D eigenvalue weighted by Gasteiger charge is -2.07. The van der Waals surface area contributed by atoms with Gasteiger partial charge in [0.15, 0.2) is 0 Å². The maximum Gasteiger partial charge on any atom is 0.239 e.